The predicted molar refractivity (Wildman–Crippen MR) is 125 cm³/mol. The molecule has 0 atom stereocenters. The molecule has 2 aromatic heterocycles. The molecule has 0 bridgehead atoms. The normalized spacial score (nSPS) is 21.4. The first-order valence-corrected chi connectivity index (χ1v) is 12.1. The van der Waals surface area contributed by atoms with Crippen LogP contribution in [0.3, 0.4) is 0 Å². The molecule has 0 aliphatic carbocycles. The van der Waals surface area contributed by atoms with Crippen molar-refractivity contribution < 1.29 is 18.8 Å². The van der Waals surface area contributed by atoms with Crippen LogP contribution in [0, 0.1) is 0 Å². The van der Waals surface area contributed by atoms with Gasteiger partial charge in [-0.25, -0.2) is 4.39 Å². The van der Waals surface area contributed by atoms with Gasteiger partial charge in [0.2, 0.25) is 5.91 Å². The van der Waals surface area contributed by atoms with E-state index in [0.717, 1.165) is 31.6 Å². The van der Waals surface area contributed by atoms with Crippen LogP contribution in [-0.4, -0.2) is 73.0 Å². The summed E-state index contributed by atoms with van der Waals surface area (Å²) >= 11 is 0. The van der Waals surface area contributed by atoms with Gasteiger partial charge in [0.15, 0.2) is 0 Å². The van der Waals surface area contributed by atoms with Crippen LogP contribution >= 0.6 is 0 Å². The van der Waals surface area contributed by atoms with E-state index >= 15 is 0 Å². The van der Waals surface area contributed by atoms with Crippen molar-refractivity contribution in [1.82, 2.24) is 29.7 Å². The van der Waals surface area contributed by atoms with Gasteiger partial charge in [0.1, 0.15) is 16.8 Å². The Bertz CT molecular complexity index is 1150. The minimum Gasteiger partial charge on any atom is -0.380 e. The molecule has 34 heavy (non-hydrogen) atoms. The molecule has 0 saturated carbocycles. The van der Waals surface area contributed by atoms with Gasteiger partial charge in [-0.2, -0.15) is 14.8 Å². The fourth-order valence-corrected chi connectivity index (χ4v) is 5.14. The lowest BCUT2D eigenvalue weighted by molar-refractivity contribution is -0.130. The number of piperidine rings is 2. The Morgan fingerprint density at radius 3 is 2.38 bits per heavy atom. The highest BCUT2D eigenvalue weighted by Crippen LogP contribution is 2.34. The molecule has 0 spiro atoms. The largest absolute Gasteiger partial charge is 0.380 e. The van der Waals surface area contributed by atoms with Crippen LogP contribution in [0.2, 0.25) is 0 Å². The molecule has 4 rings (SSSR count). The molecule has 2 aromatic rings. The number of nitrogens with zero attached hydrogens (tertiary/aromatic N) is 6. The summed E-state index contributed by atoms with van der Waals surface area (Å²) in [6.07, 6.45) is 4.65. The quantitative estimate of drug-likeness (QED) is 0.718. The smallest absolute Gasteiger partial charge is 0.291 e. The standard InChI is InChI=1S/C24H35FN6O3/c1-6-19-20(15(2)3)27-31(21(19)16(4)25)23-26-22(34-28-23)24(33)9-13-30(14-10-24)18-7-11-29(12-8-18)17(5)32/h6,15,18,33H,7-14H2,1-5H3. The summed E-state index contributed by atoms with van der Waals surface area (Å²) in [6, 6.07) is 0.409. The van der Waals surface area contributed by atoms with Gasteiger partial charge >= 0.3 is 0 Å². The van der Waals surface area contributed by atoms with Gasteiger partial charge in [-0.05, 0) is 50.6 Å². The maximum Gasteiger partial charge on any atom is 0.291 e. The van der Waals surface area contributed by atoms with Gasteiger partial charge in [0, 0.05) is 44.4 Å². The summed E-state index contributed by atoms with van der Waals surface area (Å²) < 4.78 is 21.4. The number of likely N-dealkylation sites (tertiary alicyclic amines) is 2. The number of rotatable bonds is 4. The lowest BCUT2D eigenvalue weighted by Gasteiger charge is -2.43. The third kappa shape index (κ3) is 4.53. The second kappa shape index (κ2) is 9.58. The molecule has 2 saturated heterocycles. The Morgan fingerprint density at radius 2 is 1.85 bits per heavy atom. The number of carbonyl (C=O) groups excluding carboxylic acids is 1. The summed E-state index contributed by atoms with van der Waals surface area (Å²) in [5.41, 5.74) is -0.479. The molecule has 0 unspecified atom stereocenters. The average Bonchev–Trinajstić information content (AvgIpc) is 3.45. The van der Waals surface area contributed by atoms with Crippen LogP contribution in [-0.2, 0) is 10.4 Å². The number of hydrogen-bond donors (Lipinski definition) is 1. The van der Waals surface area contributed by atoms with Crippen molar-refractivity contribution >= 4 is 17.8 Å². The molecular formula is C24H35FN6O3. The van der Waals surface area contributed by atoms with Crippen molar-refractivity contribution in [3.8, 4) is 5.95 Å². The summed E-state index contributed by atoms with van der Waals surface area (Å²) in [5, 5.41) is 20.9. The number of amides is 1. The van der Waals surface area contributed by atoms with Crippen molar-refractivity contribution in [1.29, 1.82) is 0 Å². The molecule has 1 N–H and O–H groups in total. The summed E-state index contributed by atoms with van der Waals surface area (Å²) in [4.78, 5) is 20.3. The second-order valence-electron chi connectivity index (χ2n) is 9.74. The average molecular weight is 475 g/mol. The van der Waals surface area contributed by atoms with Crippen molar-refractivity contribution in [2.24, 2.45) is 0 Å². The Kier molecular flexibility index (Phi) is 6.91. The molecule has 4 heterocycles. The number of aromatic nitrogens is 4. The van der Waals surface area contributed by atoms with Crippen LogP contribution in [0.4, 0.5) is 4.39 Å². The first-order chi connectivity index (χ1) is 16.1. The Morgan fingerprint density at radius 1 is 1.21 bits per heavy atom. The van der Waals surface area contributed by atoms with E-state index in [4.69, 9.17) is 4.52 Å². The zero-order chi connectivity index (χ0) is 24.6. The van der Waals surface area contributed by atoms with E-state index in [0.29, 0.717) is 42.5 Å². The molecule has 2 aliphatic heterocycles. The van der Waals surface area contributed by atoms with Crippen molar-refractivity contribution in [3.05, 3.63) is 22.2 Å². The summed E-state index contributed by atoms with van der Waals surface area (Å²) in [5.74, 6) is 0.0857. The van der Waals surface area contributed by atoms with E-state index < -0.39 is 5.60 Å². The molecular weight excluding hydrogens is 439 g/mol. The first-order valence-electron chi connectivity index (χ1n) is 12.1. The third-order valence-corrected chi connectivity index (χ3v) is 7.17. The van der Waals surface area contributed by atoms with E-state index in [2.05, 4.69) is 20.1 Å². The SMILES string of the molecule is CC=c1c(C(C)C)nn(-c2noc(C3(O)CCN(C4CCN(C(C)=O)CC4)CC3)n2)c1=C(C)F. The number of halogens is 1. The van der Waals surface area contributed by atoms with E-state index in [9.17, 15) is 14.3 Å². The minimum absolute atomic E-state index is 0.0905. The first kappa shape index (κ1) is 24.5. The number of aliphatic hydroxyl groups is 1. The van der Waals surface area contributed by atoms with Crippen molar-refractivity contribution in [3.63, 3.8) is 0 Å². The summed E-state index contributed by atoms with van der Waals surface area (Å²) in [6.45, 7) is 11.8. The zero-order valence-electron chi connectivity index (χ0n) is 20.7. The highest BCUT2D eigenvalue weighted by molar-refractivity contribution is 5.73. The van der Waals surface area contributed by atoms with E-state index in [1.54, 1.807) is 6.92 Å². The van der Waals surface area contributed by atoms with Crippen LogP contribution < -0.4 is 10.6 Å². The molecule has 2 aliphatic rings. The fraction of sp³-hybridized carbons (Fsp3) is 0.667. The van der Waals surface area contributed by atoms with Gasteiger partial charge < -0.3 is 19.4 Å². The number of carbonyl (C=O) groups is 1. The minimum atomic E-state index is -1.23. The van der Waals surface area contributed by atoms with Gasteiger partial charge in [-0.1, -0.05) is 19.9 Å². The van der Waals surface area contributed by atoms with Crippen LogP contribution in [0.15, 0.2) is 4.52 Å². The molecule has 0 aromatic carbocycles. The maximum absolute atomic E-state index is 14.5. The fourth-order valence-electron chi connectivity index (χ4n) is 5.14. The van der Waals surface area contributed by atoms with Crippen molar-refractivity contribution in [2.45, 2.75) is 77.9 Å². The Balaban J connectivity index is 1.52. The maximum atomic E-state index is 14.5. The molecule has 186 valence electrons. The van der Waals surface area contributed by atoms with Gasteiger partial charge in [0.05, 0.1) is 5.69 Å². The van der Waals surface area contributed by atoms with Gasteiger partial charge in [0.25, 0.3) is 11.8 Å². The van der Waals surface area contributed by atoms with E-state index in [1.165, 1.54) is 11.6 Å². The van der Waals surface area contributed by atoms with E-state index in [-0.39, 0.29) is 29.5 Å². The van der Waals surface area contributed by atoms with Crippen molar-refractivity contribution in [2.75, 3.05) is 26.2 Å². The van der Waals surface area contributed by atoms with Gasteiger partial charge in [-0.3, -0.25) is 4.79 Å². The third-order valence-electron chi connectivity index (χ3n) is 7.17. The van der Waals surface area contributed by atoms with Crippen LogP contribution in [0.1, 0.15) is 77.8 Å². The highest BCUT2D eigenvalue weighted by Gasteiger charge is 2.41. The zero-order valence-corrected chi connectivity index (χ0v) is 20.7. The molecule has 2 fully saturated rings. The summed E-state index contributed by atoms with van der Waals surface area (Å²) in [7, 11) is 0. The van der Waals surface area contributed by atoms with Crippen LogP contribution in [0.25, 0.3) is 17.9 Å². The predicted octanol–water partition coefficient (Wildman–Crippen LogP) is 1.57. The number of hydrogen-bond acceptors (Lipinski definition) is 7. The molecule has 10 heteroatoms. The Labute approximate surface area is 198 Å². The Hall–Kier alpha value is -2.59. The molecule has 9 nitrogen and oxygen atoms in total. The monoisotopic (exact) mass is 474 g/mol. The van der Waals surface area contributed by atoms with Crippen LogP contribution in [0.5, 0.6) is 0 Å². The lowest BCUT2D eigenvalue weighted by Crippen LogP contribution is -2.51. The highest BCUT2D eigenvalue weighted by atomic mass is 19.1. The molecule has 1 amide bonds. The topological polar surface area (TPSA) is 101 Å². The lowest BCUT2D eigenvalue weighted by atomic mass is 9.89. The molecule has 0 radical (unpaired) electrons. The van der Waals surface area contributed by atoms with Gasteiger partial charge in [-0.15, -0.1) is 0 Å². The van der Waals surface area contributed by atoms with E-state index in [1.807, 2.05) is 31.7 Å². The second-order valence-corrected chi connectivity index (χ2v) is 9.74.